The number of oxime groups is 1. The molecular weight excluding hydrogens is 459 g/mol. The summed E-state index contributed by atoms with van der Waals surface area (Å²) in [5.41, 5.74) is 0.421. The lowest BCUT2D eigenvalue weighted by molar-refractivity contribution is 0.0421. The van der Waals surface area contributed by atoms with Gasteiger partial charge in [-0.15, -0.1) is 0 Å². The molecular formula is C23H19Cl2F2N3O2. The second-order valence-corrected chi connectivity index (χ2v) is 8.15. The molecule has 0 spiro atoms. The molecule has 32 heavy (non-hydrogen) atoms. The number of aromatic nitrogens is 1. The maximum atomic E-state index is 14.7. The van der Waals surface area contributed by atoms with Crippen molar-refractivity contribution in [2.24, 2.45) is 5.16 Å². The van der Waals surface area contributed by atoms with Gasteiger partial charge in [-0.3, -0.25) is 9.36 Å². The topological polar surface area (TPSA) is 55.6 Å². The highest BCUT2D eigenvalue weighted by atomic mass is 35.5. The molecule has 0 amide bonds. The molecule has 0 radical (unpaired) electrons. The number of halogens is 4. The summed E-state index contributed by atoms with van der Waals surface area (Å²) in [5, 5.41) is 7.98. The fourth-order valence-corrected chi connectivity index (χ4v) is 4.08. The molecule has 0 saturated carbocycles. The van der Waals surface area contributed by atoms with Gasteiger partial charge >= 0.3 is 0 Å². The van der Waals surface area contributed by atoms with Gasteiger partial charge in [0, 0.05) is 36.0 Å². The van der Waals surface area contributed by atoms with E-state index in [1.54, 1.807) is 18.2 Å². The molecule has 1 atom stereocenters. The van der Waals surface area contributed by atoms with Crippen LogP contribution in [0.1, 0.15) is 24.0 Å². The van der Waals surface area contributed by atoms with E-state index in [9.17, 15) is 13.6 Å². The minimum atomic E-state index is -0.803. The minimum Gasteiger partial charge on any atom is -0.391 e. The van der Waals surface area contributed by atoms with Crippen LogP contribution in [0, 0.1) is 11.6 Å². The molecule has 1 fully saturated rings. The van der Waals surface area contributed by atoms with E-state index in [0.717, 1.165) is 31.5 Å². The van der Waals surface area contributed by atoms with Crippen LogP contribution in [0.15, 0.2) is 64.7 Å². The van der Waals surface area contributed by atoms with Gasteiger partial charge in [0.25, 0.3) is 5.56 Å². The molecule has 1 N–H and O–H groups in total. The molecule has 1 saturated heterocycles. The predicted molar refractivity (Wildman–Crippen MR) is 121 cm³/mol. The Morgan fingerprint density at radius 2 is 1.91 bits per heavy atom. The predicted octanol–water partition coefficient (Wildman–Crippen LogP) is 4.94. The van der Waals surface area contributed by atoms with Gasteiger partial charge in [0.2, 0.25) is 0 Å². The Balaban J connectivity index is 1.83. The van der Waals surface area contributed by atoms with Crippen molar-refractivity contribution < 1.29 is 13.6 Å². The lowest BCUT2D eigenvalue weighted by Gasteiger charge is -2.21. The zero-order valence-corrected chi connectivity index (χ0v) is 18.3. The van der Waals surface area contributed by atoms with E-state index in [4.69, 9.17) is 28.0 Å². The molecule has 0 bridgehead atoms. The molecule has 0 aliphatic carbocycles. The number of nitrogens with zero attached hydrogens (tertiary/aromatic N) is 2. The summed E-state index contributed by atoms with van der Waals surface area (Å²) in [5.74, 6) is -1.52. The van der Waals surface area contributed by atoms with Gasteiger partial charge in [-0.05, 0) is 49.7 Å². The van der Waals surface area contributed by atoms with Gasteiger partial charge in [0.1, 0.15) is 23.5 Å². The van der Waals surface area contributed by atoms with Crippen LogP contribution >= 0.6 is 23.2 Å². The van der Waals surface area contributed by atoms with E-state index in [0.29, 0.717) is 17.8 Å². The van der Waals surface area contributed by atoms with Gasteiger partial charge in [-0.2, -0.15) is 0 Å². The molecule has 9 heteroatoms. The number of para-hydroxylation sites is 1. The highest BCUT2D eigenvalue weighted by Gasteiger charge is 2.19. The van der Waals surface area contributed by atoms with Crippen LogP contribution in [0.25, 0.3) is 5.69 Å². The van der Waals surface area contributed by atoms with Crippen LogP contribution in [-0.2, 0) is 4.84 Å². The molecule has 5 nitrogen and oxygen atoms in total. The van der Waals surface area contributed by atoms with Gasteiger partial charge in [-0.1, -0.05) is 34.4 Å². The molecule has 1 aliphatic heterocycles. The van der Waals surface area contributed by atoms with Crippen molar-refractivity contribution >= 4 is 28.9 Å². The quantitative estimate of drug-likeness (QED) is 0.418. The van der Waals surface area contributed by atoms with Crippen molar-refractivity contribution in [2.75, 3.05) is 13.1 Å². The molecule has 3 aromatic rings. The van der Waals surface area contributed by atoms with Gasteiger partial charge < -0.3 is 10.2 Å². The summed E-state index contributed by atoms with van der Waals surface area (Å²) in [6, 6.07) is 10.9. The lowest BCUT2D eigenvalue weighted by atomic mass is 10.0. The molecule has 1 unspecified atom stereocenters. The van der Waals surface area contributed by atoms with Gasteiger partial charge in [0.15, 0.2) is 0 Å². The normalized spacial score (nSPS) is 16.8. The van der Waals surface area contributed by atoms with Crippen LogP contribution in [-0.4, -0.2) is 29.5 Å². The number of rotatable bonds is 5. The van der Waals surface area contributed by atoms with Crippen molar-refractivity contribution in [3.63, 3.8) is 0 Å². The molecule has 4 rings (SSSR count). The third-order valence-corrected chi connectivity index (χ3v) is 5.70. The van der Waals surface area contributed by atoms with E-state index < -0.39 is 11.6 Å². The zero-order chi connectivity index (χ0) is 22.7. The van der Waals surface area contributed by atoms with Crippen LogP contribution in [0.3, 0.4) is 0 Å². The summed E-state index contributed by atoms with van der Waals surface area (Å²) < 4.78 is 29.5. The summed E-state index contributed by atoms with van der Waals surface area (Å²) in [6.07, 6.45) is 2.99. The first-order chi connectivity index (χ1) is 15.4. The summed E-state index contributed by atoms with van der Waals surface area (Å²) in [6.45, 7) is 1.50. The van der Waals surface area contributed by atoms with E-state index in [1.165, 1.54) is 29.0 Å². The Hall–Kier alpha value is -2.74. The smallest absolute Gasteiger partial charge is 0.255 e. The zero-order valence-electron chi connectivity index (χ0n) is 16.8. The van der Waals surface area contributed by atoms with Crippen molar-refractivity contribution in [1.29, 1.82) is 0 Å². The number of hydrogen-bond acceptors (Lipinski definition) is 4. The SMILES string of the molecule is O=c1ccc(C(=NOC2CCCNC2)c2ccc(F)cc2F)cn1-c1c(Cl)cccc1Cl. The Kier molecular flexibility index (Phi) is 6.89. The monoisotopic (exact) mass is 477 g/mol. The Labute approximate surface area is 193 Å². The summed E-state index contributed by atoms with van der Waals surface area (Å²) >= 11 is 12.6. The highest BCUT2D eigenvalue weighted by Crippen LogP contribution is 2.28. The van der Waals surface area contributed by atoms with E-state index in [-0.39, 0.29) is 33.0 Å². The average molecular weight is 478 g/mol. The molecule has 2 heterocycles. The van der Waals surface area contributed by atoms with Crippen LogP contribution < -0.4 is 10.9 Å². The highest BCUT2D eigenvalue weighted by molar-refractivity contribution is 6.37. The average Bonchev–Trinajstić information content (AvgIpc) is 2.77. The molecule has 1 aliphatic rings. The minimum absolute atomic E-state index is 0.0330. The van der Waals surface area contributed by atoms with Crippen molar-refractivity contribution in [3.05, 3.63) is 97.9 Å². The summed E-state index contributed by atoms with van der Waals surface area (Å²) in [4.78, 5) is 18.3. The first-order valence-electron chi connectivity index (χ1n) is 10.0. The Morgan fingerprint density at radius 3 is 2.59 bits per heavy atom. The van der Waals surface area contributed by atoms with Gasteiger partial charge in [0.05, 0.1) is 15.7 Å². The van der Waals surface area contributed by atoms with Crippen molar-refractivity contribution in [1.82, 2.24) is 9.88 Å². The maximum Gasteiger partial charge on any atom is 0.255 e. The van der Waals surface area contributed by atoms with E-state index >= 15 is 0 Å². The second kappa shape index (κ2) is 9.81. The van der Waals surface area contributed by atoms with Crippen molar-refractivity contribution in [3.8, 4) is 5.69 Å². The fourth-order valence-electron chi connectivity index (χ4n) is 3.50. The molecule has 2 aromatic carbocycles. The van der Waals surface area contributed by atoms with Crippen LogP contribution in [0.5, 0.6) is 0 Å². The molecule has 1 aromatic heterocycles. The first-order valence-corrected chi connectivity index (χ1v) is 10.8. The number of piperidine rings is 1. The Bertz CT molecular complexity index is 1200. The molecule has 166 valence electrons. The van der Waals surface area contributed by atoms with Crippen molar-refractivity contribution in [2.45, 2.75) is 18.9 Å². The van der Waals surface area contributed by atoms with Crippen LogP contribution in [0.2, 0.25) is 10.0 Å². The number of nitrogens with one attached hydrogen (secondary N) is 1. The van der Waals surface area contributed by atoms with Gasteiger partial charge in [-0.25, -0.2) is 8.78 Å². The number of hydrogen-bond donors (Lipinski definition) is 1. The number of pyridine rings is 1. The lowest BCUT2D eigenvalue weighted by Crippen LogP contribution is -2.34. The summed E-state index contributed by atoms with van der Waals surface area (Å²) in [7, 11) is 0. The Morgan fingerprint density at radius 1 is 1.12 bits per heavy atom. The number of benzene rings is 2. The third kappa shape index (κ3) is 4.85. The first kappa shape index (κ1) is 22.5. The van der Waals surface area contributed by atoms with Crippen LogP contribution in [0.4, 0.5) is 8.78 Å². The largest absolute Gasteiger partial charge is 0.391 e. The second-order valence-electron chi connectivity index (χ2n) is 7.33. The van der Waals surface area contributed by atoms with E-state index in [1.807, 2.05) is 0 Å². The fraction of sp³-hybridized carbons (Fsp3) is 0.217. The maximum absolute atomic E-state index is 14.7. The third-order valence-electron chi connectivity index (χ3n) is 5.09. The van der Waals surface area contributed by atoms with E-state index in [2.05, 4.69) is 10.5 Å². The standard InChI is InChI=1S/C23H19Cl2F2N3O2/c24-18-4-1-5-19(25)23(18)30-13-14(6-9-21(30)31)22(17-8-7-15(26)11-20(17)27)29-32-16-3-2-10-28-12-16/h1,4-9,11,13,16,28H,2-3,10,12H2.